The van der Waals surface area contributed by atoms with Crippen molar-refractivity contribution in [3.05, 3.63) is 54.1 Å². The number of rotatable bonds is 4. The van der Waals surface area contributed by atoms with Gasteiger partial charge in [0.2, 0.25) is 0 Å². The third-order valence-electron chi connectivity index (χ3n) is 2.80. The molecule has 5 heteroatoms. The maximum atomic E-state index is 12.0. The van der Waals surface area contributed by atoms with E-state index in [1.165, 1.54) is 18.3 Å². The van der Waals surface area contributed by atoms with Crippen LogP contribution in [0.1, 0.15) is 35.4 Å². The largest absolute Gasteiger partial charge is 0.506 e. The highest BCUT2D eigenvalue weighted by molar-refractivity contribution is 5.92. The molecule has 0 fully saturated rings. The summed E-state index contributed by atoms with van der Waals surface area (Å²) in [6, 6.07) is 6.60. The SMILES string of the molecule is CC[C@@H](NC(=O)c1ccc(O)cn1)c1ccncc1. The highest BCUT2D eigenvalue weighted by Crippen LogP contribution is 2.16. The van der Waals surface area contributed by atoms with Crippen molar-refractivity contribution in [2.24, 2.45) is 0 Å². The quantitative estimate of drug-likeness (QED) is 0.879. The van der Waals surface area contributed by atoms with E-state index in [2.05, 4.69) is 15.3 Å². The molecule has 0 aromatic carbocycles. The minimum Gasteiger partial charge on any atom is -0.506 e. The van der Waals surface area contributed by atoms with Crippen molar-refractivity contribution in [1.82, 2.24) is 15.3 Å². The van der Waals surface area contributed by atoms with Crippen molar-refractivity contribution in [2.45, 2.75) is 19.4 Å². The summed E-state index contributed by atoms with van der Waals surface area (Å²) in [6.45, 7) is 2.00. The summed E-state index contributed by atoms with van der Waals surface area (Å²) in [7, 11) is 0. The second kappa shape index (κ2) is 5.95. The monoisotopic (exact) mass is 257 g/mol. The zero-order valence-electron chi connectivity index (χ0n) is 10.6. The van der Waals surface area contributed by atoms with Crippen molar-refractivity contribution >= 4 is 5.91 Å². The lowest BCUT2D eigenvalue weighted by molar-refractivity contribution is 0.0930. The number of nitrogens with one attached hydrogen (secondary N) is 1. The molecule has 0 unspecified atom stereocenters. The molecule has 0 radical (unpaired) electrons. The Morgan fingerprint density at radius 3 is 2.63 bits per heavy atom. The van der Waals surface area contributed by atoms with Crippen LogP contribution in [0, 0.1) is 0 Å². The molecule has 98 valence electrons. The molecule has 0 saturated carbocycles. The Hall–Kier alpha value is -2.43. The summed E-state index contributed by atoms with van der Waals surface area (Å²) < 4.78 is 0. The average molecular weight is 257 g/mol. The van der Waals surface area contributed by atoms with Gasteiger partial charge < -0.3 is 10.4 Å². The van der Waals surface area contributed by atoms with Crippen LogP contribution >= 0.6 is 0 Å². The predicted octanol–water partition coefficient (Wildman–Crippen LogP) is 2.06. The first-order valence-electron chi connectivity index (χ1n) is 6.06. The first-order valence-corrected chi connectivity index (χ1v) is 6.06. The lowest BCUT2D eigenvalue weighted by Gasteiger charge is -2.16. The number of carbonyl (C=O) groups excluding carboxylic acids is 1. The molecule has 0 aliphatic heterocycles. The van der Waals surface area contributed by atoms with E-state index in [4.69, 9.17) is 5.11 Å². The van der Waals surface area contributed by atoms with Crippen LogP contribution in [0.5, 0.6) is 5.75 Å². The second-order valence-electron chi connectivity index (χ2n) is 4.12. The van der Waals surface area contributed by atoms with Crippen molar-refractivity contribution in [2.75, 3.05) is 0 Å². The third-order valence-corrected chi connectivity index (χ3v) is 2.80. The molecule has 0 spiro atoms. The molecule has 1 atom stereocenters. The molecule has 2 aromatic heterocycles. The lowest BCUT2D eigenvalue weighted by Crippen LogP contribution is -2.28. The van der Waals surface area contributed by atoms with Gasteiger partial charge in [0.05, 0.1) is 12.2 Å². The number of hydrogen-bond acceptors (Lipinski definition) is 4. The molecule has 0 saturated heterocycles. The maximum absolute atomic E-state index is 12.0. The fourth-order valence-electron chi connectivity index (χ4n) is 1.77. The van der Waals surface area contributed by atoms with E-state index < -0.39 is 0 Å². The maximum Gasteiger partial charge on any atom is 0.270 e. The molecule has 5 nitrogen and oxygen atoms in total. The van der Waals surface area contributed by atoms with Gasteiger partial charge in [-0.05, 0) is 36.2 Å². The van der Waals surface area contributed by atoms with Gasteiger partial charge in [-0.3, -0.25) is 9.78 Å². The van der Waals surface area contributed by atoms with Crippen molar-refractivity contribution < 1.29 is 9.90 Å². The molecule has 2 heterocycles. The Morgan fingerprint density at radius 1 is 1.32 bits per heavy atom. The number of hydrogen-bond donors (Lipinski definition) is 2. The van der Waals surface area contributed by atoms with E-state index in [0.29, 0.717) is 0 Å². The summed E-state index contributed by atoms with van der Waals surface area (Å²) in [4.78, 5) is 19.9. The van der Waals surface area contributed by atoms with Crippen molar-refractivity contribution in [1.29, 1.82) is 0 Å². The minimum atomic E-state index is -0.260. The Bertz CT molecular complexity index is 540. The highest BCUT2D eigenvalue weighted by atomic mass is 16.3. The molecular formula is C14H15N3O2. The number of carbonyl (C=O) groups is 1. The van der Waals surface area contributed by atoms with Crippen LogP contribution in [0.15, 0.2) is 42.9 Å². The van der Waals surface area contributed by atoms with E-state index >= 15 is 0 Å². The van der Waals surface area contributed by atoms with Crippen LogP contribution in [0.4, 0.5) is 0 Å². The Labute approximate surface area is 111 Å². The first-order chi connectivity index (χ1) is 9.20. The molecule has 1 amide bonds. The molecule has 0 bridgehead atoms. The molecule has 2 rings (SSSR count). The molecular weight excluding hydrogens is 242 g/mol. The van der Waals surface area contributed by atoms with E-state index in [1.54, 1.807) is 12.4 Å². The van der Waals surface area contributed by atoms with Crippen LogP contribution in [-0.2, 0) is 0 Å². The molecule has 19 heavy (non-hydrogen) atoms. The Morgan fingerprint density at radius 2 is 2.05 bits per heavy atom. The lowest BCUT2D eigenvalue weighted by atomic mass is 10.1. The third kappa shape index (κ3) is 3.28. The number of nitrogens with zero attached hydrogens (tertiary/aromatic N) is 2. The Kier molecular flexibility index (Phi) is 4.07. The topological polar surface area (TPSA) is 75.1 Å². The first kappa shape index (κ1) is 13.0. The van der Waals surface area contributed by atoms with Gasteiger partial charge in [0.1, 0.15) is 11.4 Å². The fourth-order valence-corrected chi connectivity index (χ4v) is 1.77. The smallest absolute Gasteiger partial charge is 0.270 e. The van der Waals surface area contributed by atoms with Crippen molar-refractivity contribution in [3.8, 4) is 5.75 Å². The van der Waals surface area contributed by atoms with Gasteiger partial charge in [0.25, 0.3) is 5.91 Å². The Balaban J connectivity index is 2.10. The summed E-state index contributed by atoms with van der Waals surface area (Å²) in [5.41, 5.74) is 1.29. The molecule has 2 aromatic rings. The highest BCUT2D eigenvalue weighted by Gasteiger charge is 2.14. The number of amides is 1. The van der Waals surface area contributed by atoms with Gasteiger partial charge in [0.15, 0.2) is 0 Å². The minimum absolute atomic E-state index is 0.0396. The van der Waals surface area contributed by atoms with Gasteiger partial charge in [0, 0.05) is 12.4 Å². The number of aromatic nitrogens is 2. The van der Waals surface area contributed by atoms with E-state index in [-0.39, 0.29) is 23.4 Å². The van der Waals surface area contributed by atoms with Gasteiger partial charge in [-0.15, -0.1) is 0 Å². The van der Waals surface area contributed by atoms with Crippen LogP contribution in [-0.4, -0.2) is 21.0 Å². The normalized spacial score (nSPS) is 11.8. The standard InChI is InChI=1S/C14H15N3O2/c1-2-12(10-5-7-15-8-6-10)17-14(19)13-4-3-11(18)9-16-13/h3-9,12,18H,2H2,1H3,(H,17,19)/t12-/m1/s1. The fraction of sp³-hybridized carbons (Fsp3) is 0.214. The predicted molar refractivity (Wildman–Crippen MR) is 70.6 cm³/mol. The van der Waals surface area contributed by atoms with Gasteiger partial charge in [-0.2, -0.15) is 0 Å². The number of aromatic hydroxyl groups is 1. The second-order valence-corrected chi connectivity index (χ2v) is 4.12. The van der Waals surface area contributed by atoms with E-state index in [9.17, 15) is 4.79 Å². The van der Waals surface area contributed by atoms with Crippen LogP contribution in [0.2, 0.25) is 0 Å². The molecule has 2 N–H and O–H groups in total. The van der Waals surface area contributed by atoms with Gasteiger partial charge >= 0.3 is 0 Å². The van der Waals surface area contributed by atoms with Crippen molar-refractivity contribution in [3.63, 3.8) is 0 Å². The van der Waals surface area contributed by atoms with Gasteiger partial charge in [-0.25, -0.2) is 4.98 Å². The molecule has 0 aliphatic rings. The van der Waals surface area contributed by atoms with Crippen LogP contribution < -0.4 is 5.32 Å². The summed E-state index contributed by atoms with van der Waals surface area (Å²) in [5.74, 6) is -0.221. The molecule has 0 aliphatic carbocycles. The van der Waals surface area contributed by atoms with Crippen LogP contribution in [0.3, 0.4) is 0 Å². The summed E-state index contributed by atoms with van der Waals surface area (Å²) >= 11 is 0. The summed E-state index contributed by atoms with van der Waals surface area (Å²) in [5, 5.41) is 12.1. The number of pyridine rings is 2. The van der Waals surface area contributed by atoms with Gasteiger partial charge in [-0.1, -0.05) is 6.92 Å². The van der Waals surface area contributed by atoms with Crippen LogP contribution in [0.25, 0.3) is 0 Å². The summed E-state index contributed by atoms with van der Waals surface area (Å²) in [6.07, 6.45) is 5.42. The zero-order chi connectivity index (χ0) is 13.7. The zero-order valence-corrected chi connectivity index (χ0v) is 10.6. The van der Waals surface area contributed by atoms with E-state index in [0.717, 1.165) is 12.0 Å². The van der Waals surface area contributed by atoms with E-state index in [1.807, 2.05) is 19.1 Å². The average Bonchev–Trinajstić information content (AvgIpc) is 2.46.